The first-order chi connectivity index (χ1) is 9.32. The van der Waals surface area contributed by atoms with E-state index in [1.165, 1.54) is 31.1 Å². The Hall–Kier alpha value is -2.06. The maximum Gasteiger partial charge on any atom is 0.352 e. The second-order valence-electron chi connectivity index (χ2n) is 4.32. The zero-order valence-corrected chi connectivity index (χ0v) is 11.8. The zero-order chi connectivity index (χ0) is 14.9. The van der Waals surface area contributed by atoms with E-state index in [1.807, 2.05) is 0 Å². The van der Waals surface area contributed by atoms with E-state index >= 15 is 0 Å². The second kappa shape index (κ2) is 5.14. The zero-order valence-electron chi connectivity index (χ0n) is 11.0. The van der Waals surface area contributed by atoms with Gasteiger partial charge in [-0.25, -0.2) is 13.2 Å². The molecule has 0 saturated heterocycles. The summed E-state index contributed by atoms with van der Waals surface area (Å²) in [6.45, 7) is 0.0760. The van der Waals surface area contributed by atoms with Crippen molar-refractivity contribution < 1.29 is 22.7 Å². The van der Waals surface area contributed by atoms with Gasteiger partial charge in [0.2, 0.25) is 10.0 Å². The van der Waals surface area contributed by atoms with Crippen LogP contribution in [0.15, 0.2) is 40.0 Å². The van der Waals surface area contributed by atoms with Gasteiger partial charge in [0, 0.05) is 20.3 Å². The molecule has 2 aromatic heterocycles. The van der Waals surface area contributed by atoms with Gasteiger partial charge in [-0.3, -0.25) is 0 Å². The van der Waals surface area contributed by atoms with Crippen molar-refractivity contribution in [3.63, 3.8) is 0 Å². The Morgan fingerprint density at radius 1 is 1.50 bits per heavy atom. The quantitative estimate of drug-likeness (QED) is 0.893. The van der Waals surface area contributed by atoms with Crippen LogP contribution in [-0.4, -0.2) is 35.4 Å². The van der Waals surface area contributed by atoms with Crippen LogP contribution in [-0.2, 0) is 23.6 Å². The van der Waals surface area contributed by atoms with Crippen molar-refractivity contribution in [1.29, 1.82) is 0 Å². The van der Waals surface area contributed by atoms with Crippen molar-refractivity contribution in [2.24, 2.45) is 7.05 Å². The smallest absolute Gasteiger partial charge is 0.352 e. The summed E-state index contributed by atoms with van der Waals surface area (Å²) in [4.78, 5) is 10.9. The minimum absolute atomic E-state index is 0.0635. The Balaban J connectivity index is 2.30. The number of carboxylic acid groups (broad SMARTS) is 1. The molecule has 0 fully saturated rings. The molecule has 0 amide bonds. The molecule has 1 N–H and O–H groups in total. The molecule has 2 aromatic rings. The number of furan rings is 1. The monoisotopic (exact) mass is 298 g/mol. The van der Waals surface area contributed by atoms with Crippen molar-refractivity contribution in [2.45, 2.75) is 11.4 Å². The molecule has 0 saturated carbocycles. The summed E-state index contributed by atoms with van der Waals surface area (Å²) >= 11 is 0. The normalized spacial score (nSPS) is 11.9. The Morgan fingerprint density at radius 3 is 2.70 bits per heavy atom. The summed E-state index contributed by atoms with van der Waals surface area (Å²) in [7, 11) is -0.872. The van der Waals surface area contributed by atoms with Crippen molar-refractivity contribution in [2.75, 3.05) is 7.05 Å². The van der Waals surface area contributed by atoms with E-state index < -0.39 is 16.0 Å². The highest BCUT2D eigenvalue weighted by molar-refractivity contribution is 7.89. The third-order valence-electron chi connectivity index (χ3n) is 2.87. The SMILES string of the molecule is CN(Cc1ccco1)S(=O)(=O)c1cc(C(=O)O)n(C)c1. The topological polar surface area (TPSA) is 92.8 Å². The Bertz CT molecular complexity index is 715. The third kappa shape index (κ3) is 2.61. The average molecular weight is 298 g/mol. The van der Waals surface area contributed by atoms with E-state index in [-0.39, 0.29) is 17.1 Å². The van der Waals surface area contributed by atoms with Crippen LogP contribution in [0.1, 0.15) is 16.2 Å². The highest BCUT2D eigenvalue weighted by Gasteiger charge is 2.25. The van der Waals surface area contributed by atoms with Gasteiger partial charge in [-0.15, -0.1) is 0 Å². The number of carboxylic acids is 1. The van der Waals surface area contributed by atoms with Crippen molar-refractivity contribution in [3.05, 3.63) is 42.1 Å². The van der Waals surface area contributed by atoms with Gasteiger partial charge in [-0.2, -0.15) is 4.31 Å². The molecule has 2 rings (SSSR count). The number of sulfonamides is 1. The largest absolute Gasteiger partial charge is 0.477 e. The van der Waals surface area contributed by atoms with Crippen LogP contribution in [0, 0.1) is 0 Å². The first-order valence-corrected chi connectivity index (χ1v) is 7.15. The minimum atomic E-state index is -3.76. The number of hydrogen-bond acceptors (Lipinski definition) is 4. The number of aryl methyl sites for hydroxylation is 1. The minimum Gasteiger partial charge on any atom is -0.477 e. The van der Waals surface area contributed by atoms with Gasteiger partial charge in [0.25, 0.3) is 0 Å². The van der Waals surface area contributed by atoms with Gasteiger partial charge in [-0.05, 0) is 18.2 Å². The van der Waals surface area contributed by atoms with Crippen LogP contribution in [0.3, 0.4) is 0 Å². The van der Waals surface area contributed by atoms with Crippen molar-refractivity contribution >= 4 is 16.0 Å². The van der Waals surface area contributed by atoms with Crippen LogP contribution in [0.4, 0.5) is 0 Å². The maximum atomic E-state index is 12.3. The number of aromatic carboxylic acids is 1. The van der Waals surface area contributed by atoms with E-state index in [0.29, 0.717) is 5.76 Å². The van der Waals surface area contributed by atoms with Crippen LogP contribution in [0.25, 0.3) is 0 Å². The number of nitrogens with zero attached hydrogens (tertiary/aromatic N) is 2. The number of carbonyl (C=O) groups is 1. The summed E-state index contributed by atoms with van der Waals surface area (Å²) in [6, 6.07) is 4.47. The Labute approximate surface area is 116 Å². The molecule has 8 heteroatoms. The standard InChI is InChI=1S/C12H14N2O5S/c1-13-8-10(6-11(13)12(15)16)20(17,18)14(2)7-9-4-3-5-19-9/h3-6,8H,7H2,1-2H3,(H,15,16). The predicted molar refractivity (Wildman–Crippen MR) is 69.7 cm³/mol. The molecule has 0 bridgehead atoms. The molecule has 108 valence electrons. The van der Waals surface area contributed by atoms with E-state index in [4.69, 9.17) is 9.52 Å². The van der Waals surface area contributed by atoms with Gasteiger partial charge >= 0.3 is 5.97 Å². The molecular formula is C12H14N2O5S. The molecule has 0 aromatic carbocycles. The first-order valence-electron chi connectivity index (χ1n) is 5.70. The van der Waals surface area contributed by atoms with Gasteiger partial charge in [-0.1, -0.05) is 0 Å². The van der Waals surface area contributed by atoms with Crippen LogP contribution in [0.2, 0.25) is 0 Å². The molecule has 0 aliphatic carbocycles. The number of hydrogen-bond donors (Lipinski definition) is 1. The fourth-order valence-corrected chi connectivity index (χ4v) is 2.98. The molecule has 0 spiro atoms. The maximum absolute atomic E-state index is 12.3. The number of rotatable bonds is 5. The van der Waals surface area contributed by atoms with Gasteiger partial charge in [0.05, 0.1) is 12.8 Å². The number of aromatic nitrogens is 1. The lowest BCUT2D eigenvalue weighted by Crippen LogP contribution is -2.26. The van der Waals surface area contributed by atoms with E-state index in [2.05, 4.69) is 0 Å². The average Bonchev–Trinajstić information content (AvgIpc) is 2.98. The third-order valence-corrected chi connectivity index (χ3v) is 4.63. The van der Waals surface area contributed by atoms with Gasteiger partial charge < -0.3 is 14.1 Å². The molecule has 0 aliphatic rings. The molecule has 0 unspecified atom stereocenters. The van der Waals surface area contributed by atoms with Crippen molar-refractivity contribution in [3.8, 4) is 0 Å². The highest BCUT2D eigenvalue weighted by atomic mass is 32.2. The predicted octanol–water partition coefficient (Wildman–Crippen LogP) is 1.14. The van der Waals surface area contributed by atoms with E-state index in [9.17, 15) is 13.2 Å². The Kier molecular flexibility index (Phi) is 3.69. The Morgan fingerprint density at radius 2 is 2.20 bits per heavy atom. The van der Waals surface area contributed by atoms with Crippen LogP contribution in [0.5, 0.6) is 0 Å². The van der Waals surface area contributed by atoms with Gasteiger partial charge in [0.15, 0.2) is 0 Å². The van der Waals surface area contributed by atoms with E-state index in [0.717, 1.165) is 10.4 Å². The van der Waals surface area contributed by atoms with Crippen LogP contribution < -0.4 is 0 Å². The fourth-order valence-electron chi connectivity index (χ4n) is 1.77. The lowest BCUT2D eigenvalue weighted by Gasteiger charge is -2.14. The lowest BCUT2D eigenvalue weighted by atomic mass is 10.4. The molecule has 7 nitrogen and oxygen atoms in total. The molecule has 0 radical (unpaired) electrons. The first kappa shape index (κ1) is 14.4. The second-order valence-corrected chi connectivity index (χ2v) is 6.36. The summed E-state index contributed by atoms with van der Waals surface area (Å²) in [5.41, 5.74) is -0.0880. The summed E-state index contributed by atoms with van der Waals surface area (Å²) < 4.78 is 32.1. The highest BCUT2D eigenvalue weighted by Crippen LogP contribution is 2.19. The van der Waals surface area contributed by atoms with Crippen LogP contribution >= 0.6 is 0 Å². The summed E-state index contributed by atoms with van der Waals surface area (Å²) in [6.07, 6.45) is 2.73. The summed E-state index contributed by atoms with van der Waals surface area (Å²) in [5.74, 6) is -0.673. The van der Waals surface area contributed by atoms with Crippen molar-refractivity contribution in [1.82, 2.24) is 8.87 Å². The molecule has 20 heavy (non-hydrogen) atoms. The fraction of sp³-hybridized carbons (Fsp3) is 0.250. The molecular weight excluding hydrogens is 284 g/mol. The van der Waals surface area contributed by atoms with E-state index in [1.54, 1.807) is 12.1 Å². The molecule has 2 heterocycles. The summed E-state index contributed by atoms with van der Waals surface area (Å²) in [5, 5.41) is 8.95. The lowest BCUT2D eigenvalue weighted by molar-refractivity contribution is 0.0686. The van der Waals surface area contributed by atoms with Gasteiger partial charge in [0.1, 0.15) is 16.3 Å². The molecule has 0 atom stereocenters. The molecule has 0 aliphatic heterocycles.